The van der Waals surface area contributed by atoms with E-state index in [4.69, 9.17) is 33.5 Å². The van der Waals surface area contributed by atoms with Gasteiger partial charge in [-0.1, -0.05) is 0 Å². The Labute approximate surface area is 275 Å². The second-order valence-electron chi connectivity index (χ2n) is 9.61. The van der Waals surface area contributed by atoms with Crippen molar-refractivity contribution in [2.24, 2.45) is 0 Å². The van der Waals surface area contributed by atoms with Crippen LogP contribution in [0.5, 0.6) is 34.5 Å². The van der Waals surface area contributed by atoms with Gasteiger partial charge in [-0.3, -0.25) is 0 Å². The van der Waals surface area contributed by atoms with Crippen LogP contribution in [0.4, 0.5) is 0 Å². The molecule has 0 fully saturated rings. The van der Waals surface area contributed by atoms with Crippen LogP contribution >= 0.6 is 0 Å². The number of phenolic OH excluding ortho intramolecular Hbond substituents is 3. The van der Waals surface area contributed by atoms with E-state index in [0.29, 0.717) is 12.4 Å². The lowest BCUT2D eigenvalue weighted by molar-refractivity contribution is -0.293. The molecule has 0 atom stereocenters. The first-order chi connectivity index (χ1) is 23.2. The van der Waals surface area contributed by atoms with Gasteiger partial charge in [0.05, 0.1) is 36.5 Å². The van der Waals surface area contributed by atoms with E-state index in [2.05, 4.69) is 15.0 Å². The molecule has 0 saturated carbocycles. The lowest BCUT2D eigenvalue weighted by Crippen LogP contribution is -2.14. The molecule has 0 aliphatic rings. The quantitative estimate of drug-likeness (QED) is 0.0626. The second kappa shape index (κ2) is 17.3. The van der Waals surface area contributed by atoms with E-state index in [1.54, 1.807) is 26.8 Å². The summed E-state index contributed by atoms with van der Waals surface area (Å²) in [6, 6.07) is 13.0. The zero-order valence-electron chi connectivity index (χ0n) is 26.5. The maximum atomic E-state index is 11.7. The number of benzene rings is 3. The van der Waals surface area contributed by atoms with Gasteiger partial charge in [0.15, 0.2) is 30.7 Å². The van der Waals surface area contributed by atoms with E-state index in [9.17, 15) is 24.9 Å². The smallest absolute Gasteiger partial charge is 0.344 e. The van der Waals surface area contributed by atoms with Gasteiger partial charge in [0.2, 0.25) is 0 Å². The van der Waals surface area contributed by atoms with E-state index < -0.39 is 11.9 Å². The Bertz CT molecular complexity index is 1630. The maximum absolute atomic E-state index is 11.7. The summed E-state index contributed by atoms with van der Waals surface area (Å²) in [5.74, 6) is -1.23. The number of rotatable bonds is 17. The minimum absolute atomic E-state index is 0.00260. The Morgan fingerprint density at radius 1 is 0.542 bits per heavy atom. The van der Waals surface area contributed by atoms with Crippen molar-refractivity contribution in [2.75, 3.05) is 46.2 Å². The fourth-order valence-corrected chi connectivity index (χ4v) is 4.13. The summed E-state index contributed by atoms with van der Waals surface area (Å²) in [4.78, 5) is 46.6. The van der Waals surface area contributed by atoms with Gasteiger partial charge in [0.25, 0.3) is 0 Å². The van der Waals surface area contributed by atoms with E-state index in [1.165, 1.54) is 48.5 Å². The van der Waals surface area contributed by atoms with Crippen LogP contribution in [0.25, 0.3) is 34.2 Å². The molecule has 4 rings (SSSR count). The van der Waals surface area contributed by atoms with Crippen LogP contribution in [-0.4, -0.2) is 88.5 Å². The lowest BCUT2D eigenvalue weighted by Gasteiger charge is -2.13. The summed E-state index contributed by atoms with van der Waals surface area (Å²) in [5.41, 5.74) is 0.512. The molecule has 3 aromatic carbocycles. The maximum Gasteiger partial charge on any atom is 0.344 e. The van der Waals surface area contributed by atoms with Crippen LogP contribution in [0.2, 0.25) is 0 Å². The molecule has 0 unspecified atom stereocenters. The molecule has 1 aromatic heterocycles. The predicted octanol–water partition coefficient (Wildman–Crippen LogP) is 4.22. The molecule has 0 spiro atoms. The van der Waals surface area contributed by atoms with Crippen molar-refractivity contribution in [3.63, 3.8) is 0 Å². The average Bonchev–Trinajstić information content (AvgIpc) is 3.06. The Hall–Kier alpha value is -5.67. The minimum atomic E-state index is -0.569. The van der Waals surface area contributed by atoms with E-state index in [1.807, 2.05) is 0 Å². The van der Waals surface area contributed by atoms with Crippen molar-refractivity contribution in [2.45, 2.75) is 20.8 Å². The monoisotopic (exact) mass is 665 g/mol. The van der Waals surface area contributed by atoms with Gasteiger partial charge in [0.1, 0.15) is 47.7 Å². The molecule has 48 heavy (non-hydrogen) atoms. The number of esters is 2. The molecule has 1 heterocycles. The summed E-state index contributed by atoms with van der Waals surface area (Å²) in [6.45, 7) is 5.54. The topological polar surface area (TPSA) is 198 Å². The van der Waals surface area contributed by atoms with Gasteiger partial charge in [-0.25, -0.2) is 34.3 Å². The average molecular weight is 666 g/mol. The van der Waals surface area contributed by atoms with Crippen LogP contribution in [0.3, 0.4) is 0 Å². The summed E-state index contributed by atoms with van der Waals surface area (Å²) in [6.07, 6.45) is 0. The van der Waals surface area contributed by atoms with Crippen molar-refractivity contribution in [1.82, 2.24) is 15.0 Å². The van der Waals surface area contributed by atoms with Gasteiger partial charge in [-0.15, -0.1) is 0 Å². The first-order valence-electron chi connectivity index (χ1n) is 14.9. The van der Waals surface area contributed by atoms with Crippen LogP contribution in [0.15, 0.2) is 54.6 Å². The lowest BCUT2D eigenvalue weighted by atomic mass is 10.1. The second-order valence-corrected chi connectivity index (χ2v) is 9.61. The number of nitrogens with zero attached hydrogens (tertiary/aromatic N) is 3. The van der Waals surface area contributed by atoms with Crippen molar-refractivity contribution in [1.29, 1.82) is 0 Å². The molecule has 254 valence electrons. The number of aromatic nitrogens is 3. The van der Waals surface area contributed by atoms with Crippen LogP contribution in [0, 0.1) is 0 Å². The Kier molecular flexibility index (Phi) is 12.7. The third kappa shape index (κ3) is 9.67. The number of aromatic hydroxyl groups is 3. The van der Waals surface area contributed by atoms with Crippen molar-refractivity contribution >= 4 is 11.9 Å². The highest BCUT2D eigenvalue weighted by molar-refractivity contribution is 5.75. The van der Waals surface area contributed by atoms with Crippen LogP contribution in [-0.2, 0) is 28.8 Å². The summed E-state index contributed by atoms with van der Waals surface area (Å²) >= 11 is 0. The number of ether oxygens (including phenoxy) is 5. The molecule has 15 heteroatoms. The van der Waals surface area contributed by atoms with E-state index in [0.717, 1.165) is 0 Å². The zero-order valence-corrected chi connectivity index (χ0v) is 26.5. The Balaban J connectivity index is 1.69. The van der Waals surface area contributed by atoms with Gasteiger partial charge >= 0.3 is 11.9 Å². The molecule has 0 aliphatic carbocycles. The van der Waals surface area contributed by atoms with Crippen molar-refractivity contribution < 1.29 is 58.4 Å². The van der Waals surface area contributed by atoms with Crippen LogP contribution in [0.1, 0.15) is 20.8 Å². The molecule has 0 radical (unpaired) electrons. The normalized spacial score (nSPS) is 10.7. The predicted molar refractivity (Wildman–Crippen MR) is 168 cm³/mol. The fourth-order valence-electron chi connectivity index (χ4n) is 4.13. The van der Waals surface area contributed by atoms with E-state index in [-0.39, 0.29) is 103 Å². The molecule has 0 aliphatic heterocycles. The molecule has 0 amide bonds. The first kappa shape index (κ1) is 35.2. The molecular weight excluding hydrogens is 630 g/mol. The van der Waals surface area contributed by atoms with Gasteiger partial charge in [0, 0.05) is 18.2 Å². The number of hydrogen-bond donors (Lipinski definition) is 3. The molecular formula is C33H35N3O12. The van der Waals surface area contributed by atoms with E-state index >= 15 is 0 Å². The first-order valence-corrected chi connectivity index (χ1v) is 14.9. The molecule has 0 bridgehead atoms. The number of phenols is 3. The SMILES string of the molecule is CCOOCCOc1ccc(-c2nc(-c3ccc(OCC(=O)OCC)cc3O)nc(-c3ccc(OCC(=O)OCC)cc3O)n2)c(O)c1. The number of carbonyl (C=O) groups is 2. The van der Waals surface area contributed by atoms with Gasteiger partial charge in [-0.05, 0) is 57.2 Å². The highest BCUT2D eigenvalue weighted by Crippen LogP contribution is 2.37. The molecule has 4 aromatic rings. The fraction of sp³-hybridized carbons (Fsp3) is 0.303. The number of carbonyl (C=O) groups excluding carboxylic acids is 2. The minimum Gasteiger partial charge on any atom is -0.507 e. The molecule has 3 N–H and O–H groups in total. The standard InChI is InChI=1S/C33H35N3O12/c1-4-42-29(40)18-45-21-8-11-24(27(38)16-21)32-34-31(23-10-7-20(15-26(23)37)44-13-14-48-47-6-3)35-33(36-32)25-12-9-22(17-28(25)39)46-19-30(41)43-5-2/h7-12,15-17,37-39H,4-6,13-14,18-19H2,1-3H3. The zero-order chi connectivity index (χ0) is 34.5. The largest absolute Gasteiger partial charge is 0.507 e. The molecule has 0 saturated heterocycles. The van der Waals surface area contributed by atoms with Crippen LogP contribution < -0.4 is 14.2 Å². The third-order valence-corrected chi connectivity index (χ3v) is 6.23. The van der Waals surface area contributed by atoms with Crippen molar-refractivity contribution in [3.8, 4) is 68.7 Å². The molecule has 15 nitrogen and oxygen atoms in total. The van der Waals surface area contributed by atoms with Gasteiger partial charge < -0.3 is 39.0 Å². The summed E-state index contributed by atoms with van der Waals surface area (Å²) in [5, 5.41) is 32.8. The summed E-state index contributed by atoms with van der Waals surface area (Å²) < 4.78 is 26.1. The van der Waals surface area contributed by atoms with Crippen molar-refractivity contribution in [3.05, 3.63) is 54.6 Å². The highest BCUT2D eigenvalue weighted by Gasteiger charge is 2.20. The summed E-state index contributed by atoms with van der Waals surface area (Å²) in [7, 11) is 0. The Morgan fingerprint density at radius 2 is 0.938 bits per heavy atom. The van der Waals surface area contributed by atoms with Gasteiger partial charge in [-0.2, -0.15) is 0 Å². The highest BCUT2D eigenvalue weighted by atomic mass is 17.2. The number of hydrogen-bond acceptors (Lipinski definition) is 15. The Morgan fingerprint density at radius 3 is 1.29 bits per heavy atom. The third-order valence-electron chi connectivity index (χ3n) is 6.23.